The fraction of sp³-hybridized carbons (Fsp3) is 0.933. The van der Waals surface area contributed by atoms with Gasteiger partial charge in [0.05, 0.1) is 12.7 Å². The molecule has 5 heteroatoms. The highest BCUT2D eigenvalue weighted by atomic mass is 16.5. The summed E-state index contributed by atoms with van der Waals surface area (Å²) in [7, 11) is 0. The molecule has 1 aliphatic rings. The number of carbonyl (C=O) groups excluding carboxylic acids is 1. The maximum absolute atomic E-state index is 12.7. The Hall–Kier alpha value is -0.650. The quantitative estimate of drug-likeness (QED) is 0.701. The van der Waals surface area contributed by atoms with E-state index in [0.717, 1.165) is 12.8 Å². The van der Waals surface area contributed by atoms with Gasteiger partial charge in [-0.05, 0) is 13.3 Å². The van der Waals surface area contributed by atoms with Crippen molar-refractivity contribution in [2.24, 2.45) is 11.1 Å². The van der Waals surface area contributed by atoms with E-state index in [1.807, 2.05) is 20.8 Å². The zero-order chi connectivity index (χ0) is 15.4. The minimum Gasteiger partial charge on any atom is -0.395 e. The van der Waals surface area contributed by atoms with E-state index in [9.17, 15) is 4.79 Å². The van der Waals surface area contributed by atoms with Gasteiger partial charge in [-0.1, -0.05) is 27.2 Å². The lowest BCUT2D eigenvalue weighted by Gasteiger charge is -2.58. The first-order chi connectivity index (χ1) is 9.35. The molecule has 0 aromatic rings. The molecule has 0 spiro atoms. The Balaban J connectivity index is 2.78. The third-order valence-corrected chi connectivity index (χ3v) is 4.65. The van der Waals surface area contributed by atoms with E-state index >= 15 is 0 Å². The average Bonchev–Trinajstić information content (AvgIpc) is 2.42. The minimum atomic E-state index is -0.879. The van der Waals surface area contributed by atoms with Gasteiger partial charge in [-0.3, -0.25) is 4.79 Å². The molecular formula is C15H30N2O3. The highest BCUT2D eigenvalue weighted by Crippen LogP contribution is 2.50. The molecule has 0 aromatic heterocycles. The van der Waals surface area contributed by atoms with Crippen LogP contribution in [0.1, 0.15) is 47.0 Å². The lowest BCUT2D eigenvalue weighted by Crippen LogP contribution is -2.76. The molecule has 5 nitrogen and oxygen atoms in total. The van der Waals surface area contributed by atoms with Gasteiger partial charge in [0.2, 0.25) is 5.91 Å². The van der Waals surface area contributed by atoms with Crippen LogP contribution in [0, 0.1) is 5.41 Å². The maximum Gasteiger partial charge on any atom is 0.243 e. The fourth-order valence-corrected chi connectivity index (χ4v) is 2.86. The molecule has 2 unspecified atom stereocenters. The molecule has 1 aliphatic carbocycles. The minimum absolute atomic E-state index is 0.0269. The summed E-state index contributed by atoms with van der Waals surface area (Å²) in [5.41, 5.74) is 5.14. The number of ether oxygens (including phenoxy) is 1. The van der Waals surface area contributed by atoms with E-state index in [-0.39, 0.29) is 24.0 Å². The number of rotatable bonds is 8. The SMILES string of the molecule is CCCCN(CCO)C(=O)C1(N)CC(OCC)C1(C)C. The molecule has 0 bridgehead atoms. The van der Waals surface area contributed by atoms with Crippen molar-refractivity contribution in [2.45, 2.75) is 58.6 Å². The van der Waals surface area contributed by atoms with Gasteiger partial charge in [0, 0.05) is 31.5 Å². The van der Waals surface area contributed by atoms with Crippen LogP contribution >= 0.6 is 0 Å². The van der Waals surface area contributed by atoms with Crippen LogP contribution in [0.4, 0.5) is 0 Å². The Morgan fingerprint density at radius 1 is 1.40 bits per heavy atom. The molecule has 0 aliphatic heterocycles. The van der Waals surface area contributed by atoms with Crippen molar-refractivity contribution in [2.75, 3.05) is 26.3 Å². The first-order valence-corrected chi connectivity index (χ1v) is 7.65. The van der Waals surface area contributed by atoms with Crippen LogP contribution in [-0.4, -0.2) is 53.9 Å². The van der Waals surface area contributed by atoms with Crippen LogP contribution in [0.15, 0.2) is 0 Å². The number of carbonyl (C=O) groups is 1. The van der Waals surface area contributed by atoms with Gasteiger partial charge in [0.1, 0.15) is 5.54 Å². The largest absolute Gasteiger partial charge is 0.395 e. The first kappa shape index (κ1) is 17.4. The summed E-state index contributed by atoms with van der Waals surface area (Å²) in [6.45, 7) is 9.64. The fourth-order valence-electron chi connectivity index (χ4n) is 2.86. The van der Waals surface area contributed by atoms with Crippen LogP contribution in [-0.2, 0) is 9.53 Å². The van der Waals surface area contributed by atoms with E-state index in [4.69, 9.17) is 15.6 Å². The van der Waals surface area contributed by atoms with Gasteiger partial charge >= 0.3 is 0 Å². The number of aliphatic hydroxyl groups excluding tert-OH is 1. The van der Waals surface area contributed by atoms with Crippen molar-refractivity contribution < 1.29 is 14.6 Å². The van der Waals surface area contributed by atoms with E-state index in [1.165, 1.54) is 0 Å². The van der Waals surface area contributed by atoms with Crippen molar-refractivity contribution in [1.29, 1.82) is 0 Å². The topological polar surface area (TPSA) is 75.8 Å². The number of hydrogen-bond acceptors (Lipinski definition) is 4. The lowest BCUT2D eigenvalue weighted by molar-refractivity contribution is -0.179. The Morgan fingerprint density at radius 3 is 2.50 bits per heavy atom. The molecule has 0 heterocycles. The van der Waals surface area contributed by atoms with E-state index < -0.39 is 5.54 Å². The standard InChI is InChI=1S/C15H30N2O3/c1-5-7-8-17(9-10-18)13(19)15(16)11-12(20-6-2)14(15,3)4/h12,18H,5-11,16H2,1-4H3. The Bertz CT molecular complexity index is 333. The third-order valence-electron chi connectivity index (χ3n) is 4.65. The second-order valence-corrected chi connectivity index (χ2v) is 6.21. The monoisotopic (exact) mass is 286 g/mol. The van der Waals surface area contributed by atoms with Gasteiger partial charge in [-0.25, -0.2) is 0 Å². The summed E-state index contributed by atoms with van der Waals surface area (Å²) >= 11 is 0. The predicted molar refractivity (Wildman–Crippen MR) is 79.3 cm³/mol. The molecule has 1 fully saturated rings. The molecule has 0 radical (unpaired) electrons. The molecule has 118 valence electrons. The Labute approximate surface area is 122 Å². The van der Waals surface area contributed by atoms with E-state index in [1.54, 1.807) is 4.90 Å². The van der Waals surface area contributed by atoms with Crippen molar-refractivity contribution in [3.05, 3.63) is 0 Å². The smallest absolute Gasteiger partial charge is 0.243 e. The summed E-state index contributed by atoms with van der Waals surface area (Å²) in [5, 5.41) is 9.15. The molecule has 1 rings (SSSR count). The molecule has 3 N–H and O–H groups in total. The molecule has 2 atom stereocenters. The van der Waals surface area contributed by atoms with Crippen molar-refractivity contribution in [3.63, 3.8) is 0 Å². The third kappa shape index (κ3) is 3.00. The zero-order valence-electron chi connectivity index (χ0n) is 13.3. The number of hydrogen-bond donors (Lipinski definition) is 2. The van der Waals surface area contributed by atoms with Crippen LogP contribution in [0.25, 0.3) is 0 Å². The maximum atomic E-state index is 12.7. The van der Waals surface area contributed by atoms with Gasteiger partial charge in [-0.15, -0.1) is 0 Å². The Kier molecular flexibility index (Phi) is 5.98. The van der Waals surface area contributed by atoms with Crippen LogP contribution in [0.2, 0.25) is 0 Å². The first-order valence-electron chi connectivity index (χ1n) is 7.65. The molecule has 1 amide bonds. The molecule has 1 saturated carbocycles. The Morgan fingerprint density at radius 2 is 2.05 bits per heavy atom. The summed E-state index contributed by atoms with van der Waals surface area (Å²) in [4.78, 5) is 14.4. The van der Waals surface area contributed by atoms with Gasteiger partial charge in [0.25, 0.3) is 0 Å². The van der Waals surface area contributed by atoms with Crippen molar-refractivity contribution >= 4 is 5.91 Å². The van der Waals surface area contributed by atoms with Crippen LogP contribution < -0.4 is 5.73 Å². The molecule has 0 saturated heterocycles. The van der Waals surface area contributed by atoms with E-state index in [0.29, 0.717) is 26.1 Å². The summed E-state index contributed by atoms with van der Waals surface area (Å²) in [6.07, 6.45) is 2.53. The van der Waals surface area contributed by atoms with Crippen LogP contribution in [0.3, 0.4) is 0 Å². The summed E-state index contributed by atoms with van der Waals surface area (Å²) < 4.78 is 5.66. The number of nitrogens with two attached hydrogens (primary N) is 1. The normalized spacial score (nSPS) is 28.0. The van der Waals surface area contributed by atoms with E-state index in [2.05, 4.69) is 6.92 Å². The number of amides is 1. The second-order valence-electron chi connectivity index (χ2n) is 6.21. The molecule has 20 heavy (non-hydrogen) atoms. The molecular weight excluding hydrogens is 256 g/mol. The number of unbranched alkanes of at least 4 members (excludes halogenated alkanes) is 1. The zero-order valence-corrected chi connectivity index (χ0v) is 13.3. The highest BCUT2D eigenvalue weighted by Gasteiger charge is 2.63. The van der Waals surface area contributed by atoms with Crippen LogP contribution in [0.5, 0.6) is 0 Å². The van der Waals surface area contributed by atoms with Crippen molar-refractivity contribution in [1.82, 2.24) is 4.90 Å². The molecule has 0 aromatic carbocycles. The highest BCUT2D eigenvalue weighted by molar-refractivity contribution is 5.89. The van der Waals surface area contributed by atoms with Crippen molar-refractivity contribution in [3.8, 4) is 0 Å². The van der Waals surface area contributed by atoms with Gasteiger partial charge in [-0.2, -0.15) is 0 Å². The van der Waals surface area contributed by atoms with Gasteiger partial charge < -0.3 is 20.5 Å². The summed E-state index contributed by atoms with van der Waals surface area (Å²) in [5.74, 6) is -0.0547. The summed E-state index contributed by atoms with van der Waals surface area (Å²) in [6, 6.07) is 0. The average molecular weight is 286 g/mol. The second kappa shape index (κ2) is 6.87. The predicted octanol–water partition coefficient (Wildman–Crippen LogP) is 1.14. The number of nitrogens with zero attached hydrogens (tertiary/aromatic N) is 1. The van der Waals surface area contributed by atoms with Gasteiger partial charge in [0.15, 0.2) is 0 Å². The lowest BCUT2D eigenvalue weighted by atomic mass is 9.54. The number of aliphatic hydroxyl groups is 1.